The molecule has 0 aromatic heterocycles. The van der Waals surface area contributed by atoms with Gasteiger partial charge in [0.05, 0.1) is 6.10 Å². The highest BCUT2D eigenvalue weighted by molar-refractivity contribution is 9.10. The zero-order valence-electron chi connectivity index (χ0n) is 13.2. The van der Waals surface area contributed by atoms with E-state index in [-0.39, 0.29) is 18.6 Å². The number of amides is 1. The summed E-state index contributed by atoms with van der Waals surface area (Å²) in [5, 5.41) is 2.80. The van der Waals surface area contributed by atoms with Crippen LogP contribution in [0.4, 0.5) is 5.69 Å². The smallest absolute Gasteiger partial charge is 0.262 e. The van der Waals surface area contributed by atoms with E-state index in [1.165, 1.54) is 0 Å². The summed E-state index contributed by atoms with van der Waals surface area (Å²) in [6.07, 6.45) is 1.07. The molecule has 2 rings (SSSR count). The Morgan fingerprint density at radius 3 is 2.61 bits per heavy atom. The number of carbonyl (C=O) groups is 1. The lowest BCUT2D eigenvalue weighted by Gasteiger charge is -2.13. The summed E-state index contributed by atoms with van der Waals surface area (Å²) in [4.78, 5) is 12.0. The third-order valence-corrected chi connectivity index (χ3v) is 3.74. The van der Waals surface area contributed by atoms with Crippen LogP contribution in [-0.4, -0.2) is 18.6 Å². The molecule has 122 valence electrons. The molecule has 5 heteroatoms. The molecule has 0 heterocycles. The van der Waals surface area contributed by atoms with Crippen LogP contribution in [0.2, 0.25) is 0 Å². The third kappa shape index (κ3) is 5.94. The fourth-order valence-electron chi connectivity index (χ4n) is 1.84. The van der Waals surface area contributed by atoms with Gasteiger partial charge in [-0.1, -0.05) is 28.9 Å². The fraction of sp³-hybridized carbons (Fsp3) is 0.278. The number of benzene rings is 2. The van der Waals surface area contributed by atoms with Crippen LogP contribution in [0, 0.1) is 0 Å². The number of hydrogen-bond donors (Lipinski definition) is 1. The van der Waals surface area contributed by atoms with E-state index in [1.807, 2.05) is 43.3 Å². The van der Waals surface area contributed by atoms with Gasteiger partial charge in [-0.15, -0.1) is 0 Å². The molecular weight excluding hydrogens is 358 g/mol. The van der Waals surface area contributed by atoms with Crippen molar-refractivity contribution in [1.29, 1.82) is 0 Å². The minimum absolute atomic E-state index is 0.0436. The first-order valence-electron chi connectivity index (χ1n) is 7.51. The molecular formula is C18H20BrNO3. The highest BCUT2D eigenvalue weighted by Crippen LogP contribution is 2.19. The van der Waals surface area contributed by atoms with Crippen molar-refractivity contribution >= 4 is 27.5 Å². The minimum atomic E-state index is -0.214. The number of ether oxygens (including phenoxy) is 2. The molecule has 0 aliphatic rings. The minimum Gasteiger partial charge on any atom is -0.491 e. The van der Waals surface area contributed by atoms with Crippen molar-refractivity contribution in [2.45, 2.75) is 26.4 Å². The molecule has 0 fully saturated rings. The number of hydrogen-bond acceptors (Lipinski definition) is 3. The average Bonchev–Trinajstić information content (AvgIpc) is 2.54. The fourth-order valence-corrected chi connectivity index (χ4v) is 2.10. The Bertz CT molecular complexity index is 643. The average molecular weight is 378 g/mol. The highest BCUT2D eigenvalue weighted by Gasteiger charge is 2.06. The second-order valence-corrected chi connectivity index (χ2v) is 6.07. The Morgan fingerprint density at radius 1 is 1.17 bits per heavy atom. The van der Waals surface area contributed by atoms with Gasteiger partial charge >= 0.3 is 0 Å². The van der Waals surface area contributed by atoms with Crippen LogP contribution in [0.25, 0.3) is 0 Å². The summed E-state index contributed by atoms with van der Waals surface area (Å²) in [6, 6.07) is 14.7. The van der Waals surface area contributed by atoms with Crippen LogP contribution in [0.5, 0.6) is 11.5 Å². The lowest BCUT2D eigenvalue weighted by molar-refractivity contribution is -0.118. The van der Waals surface area contributed by atoms with Crippen molar-refractivity contribution in [2.75, 3.05) is 11.9 Å². The van der Waals surface area contributed by atoms with Gasteiger partial charge in [0.15, 0.2) is 6.61 Å². The molecule has 0 saturated carbocycles. The zero-order valence-corrected chi connectivity index (χ0v) is 14.8. The van der Waals surface area contributed by atoms with Crippen molar-refractivity contribution < 1.29 is 14.3 Å². The predicted octanol–water partition coefficient (Wildman–Crippen LogP) is 4.64. The Balaban J connectivity index is 1.87. The van der Waals surface area contributed by atoms with E-state index in [0.29, 0.717) is 11.4 Å². The van der Waals surface area contributed by atoms with Gasteiger partial charge in [0.2, 0.25) is 0 Å². The van der Waals surface area contributed by atoms with Crippen LogP contribution in [0.15, 0.2) is 53.0 Å². The van der Waals surface area contributed by atoms with Gasteiger partial charge in [-0.05, 0) is 49.7 Å². The summed E-state index contributed by atoms with van der Waals surface area (Å²) >= 11 is 3.35. The third-order valence-electron chi connectivity index (χ3n) is 3.21. The summed E-state index contributed by atoms with van der Waals surface area (Å²) in [5.74, 6) is 1.18. The molecule has 0 aliphatic carbocycles. The van der Waals surface area contributed by atoms with E-state index in [4.69, 9.17) is 9.47 Å². The van der Waals surface area contributed by atoms with Crippen molar-refractivity contribution in [3.8, 4) is 11.5 Å². The number of carbonyl (C=O) groups excluding carboxylic acids is 1. The molecule has 1 N–H and O–H groups in total. The molecule has 0 radical (unpaired) electrons. The van der Waals surface area contributed by atoms with Crippen LogP contribution in [0.1, 0.15) is 20.3 Å². The van der Waals surface area contributed by atoms with Crippen LogP contribution in [-0.2, 0) is 4.79 Å². The number of rotatable bonds is 7. The Kier molecular flexibility index (Phi) is 6.47. The Labute approximate surface area is 144 Å². The van der Waals surface area contributed by atoms with Crippen molar-refractivity contribution in [2.24, 2.45) is 0 Å². The molecule has 0 spiro atoms. The first kappa shape index (κ1) is 17.3. The maximum Gasteiger partial charge on any atom is 0.262 e. The predicted molar refractivity (Wildman–Crippen MR) is 95.1 cm³/mol. The maximum absolute atomic E-state index is 12.0. The summed E-state index contributed by atoms with van der Waals surface area (Å²) in [7, 11) is 0. The quantitative estimate of drug-likeness (QED) is 0.763. The molecule has 2 aromatic rings. The van der Waals surface area contributed by atoms with Gasteiger partial charge in [0.25, 0.3) is 5.91 Å². The van der Waals surface area contributed by atoms with Gasteiger partial charge in [-0.3, -0.25) is 4.79 Å². The summed E-state index contributed by atoms with van der Waals surface area (Å²) in [5.41, 5.74) is 0.690. The number of halogens is 1. The van der Waals surface area contributed by atoms with E-state index in [9.17, 15) is 4.79 Å². The van der Waals surface area contributed by atoms with Gasteiger partial charge in [0, 0.05) is 16.2 Å². The monoisotopic (exact) mass is 377 g/mol. The van der Waals surface area contributed by atoms with E-state index < -0.39 is 0 Å². The van der Waals surface area contributed by atoms with Crippen LogP contribution >= 0.6 is 15.9 Å². The first-order valence-corrected chi connectivity index (χ1v) is 8.31. The second-order valence-electron chi connectivity index (χ2n) is 5.16. The molecule has 1 atom stereocenters. The van der Waals surface area contributed by atoms with Crippen molar-refractivity contribution in [3.05, 3.63) is 53.0 Å². The van der Waals surface area contributed by atoms with Crippen LogP contribution < -0.4 is 14.8 Å². The normalized spacial score (nSPS) is 11.6. The summed E-state index contributed by atoms with van der Waals surface area (Å²) in [6.45, 7) is 4.03. The van der Waals surface area contributed by atoms with Crippen molar-refractivity contribution in [1.82, 2.24) is 0 Å². The molecule has 0 bridgehead atoms. The molecule has 1 unspecified atom stereocenters. The molecule has 1 amide bonds. The summed E-state index contributed by atoms with van der Waals surface area (Å²) < 4.78 is 12.1. The van der Waals surface area contributed by atoms with Gasteiger partial charge < -0.3 is 14.8 Å². The van der Waals surface area contributed by atoms with E-state index >= 15 is 0 Å². The Hall–Kier alpha value is -2.01. The standard InChI is InChI=1S/C18H20BrNO3/c1-3-13(2)23-17-6-4-5-15(11-17)20-18(21)12-22-16-9-7-14(19)8-10-16/h4-11,13H,3,12H2,1-2H3,(H,20,21). The maximum atomic E-state index is 12.0. The number of anilines is 1. The SMILES string of the molecule is CCC(C)Oc1cccc(NC(=O)COc2ccc(Br)cc2)c1. The molecule has 4 nitrogen and oxygen atoms in total. The first-order chi connectivity index (χ1) is 11.1. The Morgan fingerprint density at radius 2 is 1.91 bits per heavy atom. The molecule has 0 aliphatic heterocycles. The van der Waals surface area contributed by atoms with E-state index in [2.05, 4.69) is 28.2 Å². The topological polar surface area (TPSA) is 47.6 Å². The highest BCUT2D eigenvalue weighted by atomic mass is 79.9. The molecule has 0 saturated heterocycles. The number of nitrogens with one attached hydrogen (secondary N) is 1. The molecule has 2 aromatic carbocycles. The lowest BCUT2D eigenvalue weighted by Crippen LogP contribution is -2.20. The van der Waals surface area contributed by atoms with E-state index in [1.54, 1.807) is 12.1 Å². The zero-order chi connectivity index (χ0) is 16.7. The van der Waals surface area contributed by atoms with Crippen LogP contribution in [0.3, 0.4) is 0 Å². The second kappa shape index (κ2) is 8.58. The van der Waals surface area contributed by atoms with Gasteiger partial charge in [-0.25, -0.2) is 0 Å². The lowest BCUT2D eigenvalue weighted by atomic mass is 10.2. The van der Waals surface area contributed by atoms with Gasteiger partial charge in [-0.2, -0.15) is 0 Å². The van der Waals surface area contributed by atoms with Gasteiger partial charge in [0.1, 0.15) is 11.5 Å². The largest absolute Gasteiger partial charge is 0.491 e. The van der Waals surface area contributed by atoms with Crippen molar-refractivity contribution in [3.63, 3.8) is 0 Å². The molecule has 23 heavy (non-hydrogen) atoms. The van der Waals surface area contributed by atoms with E-state index in [0.717, 1.165) is 16.6 Å².